The minimum atomic E-state index is -3.17. The second-order valence-electron chi connectivity index (χ2n) is 6.06. The maximum Gasteiger partial charge on any atom is 0.228 e. The molecule has 1 N–H and O–H groups in total. The van der Waals surface area contributed by atoms with E-state index in [-0.39, 0.29) is 5.92 Å². The Morgan fingerprint density at radius 2 is 2.08 bits per heavy atom. The Morgan fingerprint density at radius 3 is 2.83 bits per heavy atom. The summed E-state index contributed by atoms with van der Waals surface area (Å²) >= 11 is 0. The largest absolute Gasteiger partial charge is 0.309 e. The van der Waals surface area contributed by atoms with E-state index in [1.54, 1.807) is 12.4 Å². The first-order valence-corrected chi connectivity index (χ1v) is 9.75. The van der Waals surface area contributed by atoms with Crippen LogP contribution in [0.5, 0.6) is 0 Å². The second-order valence-corrected chi connectivity index (χ2v) is 8.04. The van der Waals surface area contributed by atoms with Crippen molar-refractivity contribution in [2.45, 2.75) is 25.7 Å². The third-order valence-corrected chi connectivity index (χ3v) is 5.46. The Hall–Kier alpha value is -2.06. The van der Waals surface area contributed by atoms with Gasteiger partial charge in [-0.15, -0.1) is 0 Å². The molecule has 0 spiro atoms. The van der Waals surface area contributed by atoms with Crippen LogP contribution >= 0.6 is 0 Å². The second kappa shape index (κ2) is 6.82. The normalized spacial score (nSPS) is 19.2. The van der Waals surface area contributed by atoms with Crippen LogP contribution in [0.4, 0.5) is 11.8 Å². The van der Waals surface area contributed by atoms with Crippen molar-refractivity contribution in [1.82, 2.24) is 19.3 Å². The topological polar surface area (TPSA) is 88.1 Å². The fraction of sp³-hybridized carbons (Fsp3) is 0.438. The van der Waals surface area contributed by atoms with E-state index < -0.39 is 10.0 Å². The molecule has 1 fully saturated rings. The summed E-state index contributed by atoms with van der Waals surface area (Å²) in [6, 6.07) is 5.69. The number of rotatable bonds is 4. The van der Waals surface area contributed by atoms with Crippen LogP contribution in [0.2, 0.25) is 0 Å². The van der Waals surface area contributed by atoms with Crippen LogP contribution in [0.15, 0.2) is 30.6 Å². The summed E-state index contributed by atoms with van der Waals surface area (Å²) < 4.78 is 25.1. The number of piperidine rings is 1. The van der Waals surface area contributed by atoms with Gasteiger partial charge in [0.2, 0.25) is 16.0 Å². The molecule has 1 aliphatic rings. The first-order chi connectivity index (χ1) is 11.4. The molecule has 2 aromatic rings. The Labute approximate surface area is 142 Å². The summed E-state index contributed by atoms with van der Waals surface area (Å²) in [5.74, 6) is 1.28. The minimum Gasteiger partial charge on any atom is -0.309 e. The standard InChI is InChI=1S/C16H21N5O2S/c1-12-5-3-8-17-15(12)20-16-18-9-7-14(19-16)13-6-4-10-21(11-13)24(2,22)23/h3,5,7-9,13H,4,6,10-11H2,1-2H3,(H,17,18,19,20)/t13-/m1/s1. The molecule has 0 saturated carbocycles. The fourth-order valence-electron chi connectivity index (χ4n) is 2.87. The molecule has 1 saturated heterocycles. The van der Waals surface area contributed by atoms with Gasteiger partial charge in [0, 0.05) is 31.4 Å². The van der Waals surface area contributed by atoms with Crippen LogP contribution in [0.3, 0.4) is 0 Å². The Morgan fingerprint density at radius 1 is 1.25 bits per heavy atom. The summed E-state index contributed by atoms with van der Waals surface area (Å²) in [5, 5.41) is 3.13. The number of anilines is 2. The van der Waals surface area contributed by atoms with Crippen molar-refractivity contribution in [1.29, 1.82) is 0 Å². The third kappa shape index (κ3) is 3.88. The highest BCUT2D eigenvalue weighted by Crippen LogP contribution is 2.27. The van der Waals surface area contributed by atoms with Gasteiger partial charge >= 0.3 is 0 Å². The molecule has 3 heterocycles. The van der Waals surface area contributed by atoms with Gasteiger partial charge in [0.15, 0.2) is 0 Å². The van der Waals surface area contributed by atoms with Crippen LogP contribution < -0.4 is 5.32 Å². The maximum atomic E-state index is 11.8. The molecule has 24 heavy (non-hydrogen) atoms. The minimum absolute atomic E-state index is 0.0851. The molecule has 0 unspecified atom stereocenters. The molecule has 128 valence electrons. The van der Waals surface area contributed by atoms with Crippen molar-refractivity contribution in [3.05, 3.63) is 41.9 Å². The van der Waals surface area contributed by atoms with E-state index in [9.17, 15) is 8.42 Å². The van der Waals surface area contributed by atoms with E-state index in [1.165, 1.54) is 10.6 Å². The number of hydrogen-bond acceptors (Lipinski definition) is 6. The number of pyridine rings is 1. The summed E-state index contributed by atoms with van der Waals surface area (Å²) in [4.78, 5) is 13.1. The monoisotopic (exact) mass is 347 g/mol. The Balaban J connectivity index is 1.79. The van der Waals surface area contributed by atoms with Crippen LogP contribution in [-0.4, -0.2) is 47.0 Å². The molecule has 1 aliphatic heterocycles. The number of sulfonamides is 1. The summed E-state index contributed by atoms with van der Waals surface area (Å²) in [6.07, 6.45) is 6.42. The van der Waals surface area contributed by atoms with Crippen molar-refractivity contribution in [2.75, 3.05) is 24.7 Å². The van der Waals surface area contributed by atoms with Crippen LogP contribution in [0.1, 0.15) is 30.0 Å². The molecule has 0 radical (unpaired) electrons. The average molecular weight is 347 g/mol. The number of aryl methyl sites for hydroxylation is 1. The van der Waals surface area contributed by atoms with E-state index >= 15 is 0 Å². The smallest absolute Gasteiger partial charge is 0.228 e. The fourth-order valence-corrected chi connectivity index (χ4v) is 3.78. The first-order valence-electron chi connectivity index (χ1n) is 7.90. The number of nitrogens with one attached hydrogen (secondary N) is 1. The van der Waals surface area contributed by atoms with Crippen molar-refractivity contribution >= 4 is 21.8 Å². The molecular weight excluding hydrogens is 326 g/mol. The van der Waals surface area contributed by atoms with Gasteiger partial charge in [-0.1, -0.05) is 6.07 Å². The molecule has 0 aliphatic carbocycles. The molecule has 0 amide bonds. The molecule has 8 heteroatoms. The lowest BCUT2D eigenvalue weighted by Gasteiger charge is -2.30. The lowest BCUT2D eigenvalue weighted by Crippen LogP contribution is -2.38. The van der Waals surface area contributed by atoms with Crippen molar-refractivity contribution < 1.29 is 8.42 Å². The maximum absolute atomic E-state index is 11.8. The van der Waals surface area contributed by atoms with Crippen molar-refractivity contribution in [2.24, 2.45) is 0 Å². The lowest BCUT2D eigenvalue weighted by molar-refractivity contribution is 0.314. The van der Waals surface area contributed by atoms with Gasteiger partial charge in [0.1, 0.15) is 5.82 Å². The summed E-state index contributed by atoms with van der Waals surface area (Å²) in [7, 11) is -3.17. The van der Waals surface area contributed by atoms with E-state index in [0.29, 0.717) is 19.0 Å². The number of aromatic nitrogens is 3. The first kappa shape index (κ1) is 16.8. The van der Waals surface area contributed by atoms with E-state index in [0.717, 1.165) is 29.9 Å². The summed E-state index contributed by atoms with van der Waals surface area (Å²) in [5.41, 5.74) is 1.86. The van der Waals surface area contributed by atoms with Gasteiger partial charge in [-0.2, -0.15) is 0 Å². The zero-order valence-electron chi connectivity index (χ0n) is 13.8. The SMILES string of the molecule is Cc1cccnc1Nc1nccc([C@@H]2CCCN(S(C)(=O)=O)C2)n1. The van der Waals surface area contributed by atoms with Crippen molar-refractivity contribution in [3.63, 3.8) is 0 Å². The van der Waals surface area contributed by atoms with Gasteiger partial charge in [0.25, 0.3) is 0 Å². The molecule has 2 aromatic heterocycles. The van der Waals surface area contributed by atoms with Crippen LogP contribution in [0, 0.1) is 6.92 Å². The number of nitrogens with zero attached hydrogens (tertiary/aromatic N) is 4. The molecule has 7 nitrogen and oxygen atoms in total. The third-order valence-electron chi connectivity index (χ3n) is 4.19. The zero-order chi connectivity index (χ0) is 17.2. The average Bonchev–Trinajstić information content (AvgIpc) is 2.57. The van der Waals surface area contributed by atoms with E-state index in [1.807, 2.05) is 25.1 Å². The number of hydrogen-bond donors (Lipinski definition) is 1. The van der Waals surface area contributed by atoms with Gasteiger partial charge < -0.3 is 5.32 Å². The van der Waals surface area contributed by atoms with Crippen molar-refractivity contribution in [3.8, 4) is 0 Å². The molecular formula is C16H21N5O2S. The highest BCUT2D eigenvalue weighted by atomic mass is 32.2. The quantitative estimate of drug-likeness (QED) is 0.911. The van der Waals surface area contributed by atoms with Gasteiger partial charge in [-0.05, 0) is 37.5 Å². The molecule has 1 atom stereocenters. The predicted molar refractivity (Wildman–Crippen MR) is 92.7 cm³/mol. The van der Waals surface area contributed by atoms with Gasteiger partial charge in [-0.3, -0.25) is 0 Å². The lowest BCUT2D eigenvalue weighted by atomic mass is 9.96. The highest BCUT2D eigenvalue weighted by Gasteiger charge is 2.27. The highest BCUT2D eigenvalue weighted by molar-refractivity contribution is 7.88. The van der Waals surface area contributed by atoms with Crippen LogP contribution in [-0.2, 0) is 10.0 Å². The van der Waals surface area contributed by atoms with E-state index in [4.69, 9.17) is 0 Å². The summed E-state index contributed by atoms with van der Waals surface area (Å²) in [6.45, 7) is 3.01. The van der Waals surface area contributed by atoms with E-state index in [2.05, 4.69) is 20.3 Å². The Bertz CT molecular complexity index is 825. The predicted octanol–water partition coefficient (Wildman–Crippen LogP) is 2.06. The Kier molecular flexibility index (Phi) is 4.77. The van der Waals surface area contributed by atoms with Gasteiger partial charge in [0.05, 0.1) is 11.9 Å². The molecule has 3 rings (SSSR count). The molecule has 0 bridgehead atoms. The van der Waals surface area contributed by atoms with Crippen LogP contribution in [0.25, 0.3) is 0 Å². The zero-order valence-corrected chi connectivity index (χ0v) is 14.6. The molecule has 0 aromatic carbocycles. The van der Waals surface area contributed by atoms with Gasteiger partial charge in [-0.25, -0.2) is 27.7 Å².